The highest BCUT2D eigenvalue weighted by Crippen LogP contribution is 2.16. The van der Waals surface area contributed by atoms with E-state index in [1.165, 1.54) is 24.3 Å². The van der Waals surface area contributed by atoms with Crippen molar-refractivity contribution in [3.63, 3.8) is 0 Å². The topological polar surface area (TPSA) is 98.0 Å². The molecule has 1 aromatic carbocycles. The summed E-state index contributed by atoms with van der Waals surface area (Å²) >= 11 is 0. The van der Waals surface area contributed by atoms with E-state index in [-0.39, 0.29) is 24.1 Å². The number of nitrogens with one attached hydrogen (secondary N) is 1. The van der Waals surface area contributed by atoms with Gasteiger partial charge in [0, 0.05) is 12.4 Å². The summed E-state index contributed by atoms with van der Waals surface area (Å²) in [6.07, 6.45) is 3.18. The lowest BCUT2D eigenvalue weighted by atomic mass is 10.2. The molecule has 9 heteroatoms. The third-order valence-corrected chi connectivity index (χ3v) is 4.39. The van der Waals surface area contributed by atoms with Crippen LogP contribution in [0.1, 0.15) is 11.5 Å². The number of aromatic nitrogens is 3. The molecule has 0 aliphatic carbocycles. The summed E-state index contributed by atoms with van der Waals surface area (Å²) in [5.74, 6) is -0.290. The predicted octanol–water partition coefficient (Wildman–Crippen LogP) is 1.89. The maximum atomic E-state index is 12.8. The fourth-order valence-electron chi connectivity index (χ4n) is 1.95. The first-order valence-electron chi connectivity index (χ1n) is 6.96. The number of nitrogens with zero attached hydrogens (tertiary/aromatic N) is 3. The molecule has 0 aliphatic rings. The number of pyridine rings is 1. The normalized spacial score (nSPS) is 11.5. The Hall–Kier alpha value is -2.65. The highest BCUT2D eigenvalue weighted by atomic mass is 32.2. The monoisotopic (exact) mass is 348 g/mol. The molecule has 0 amide bonds. The number of hydrogen-bond donors (Lipinski definition) is 1. The van der Waals surface area contributed by atoms with Crippen LogP contribution in [0.25, 0.3) is 11.5 Å². The lowest BCUT2D eigenvalue weighted by Gasteiger charge is -2.04. The zero-order valence-electron chi connectivity index (χ0n) is 12.4. The molecular formula is C15H13FN4O3S. The highest BCUT2D eigenvalue weighted by molar-refractivity contribution is 7.88. The van der Waals surface area contributed by atoms with Gasteiger partial charge in [-0.2, -0.15) is 0 Å². The highest BCUT2D eigenvalue weighted by Gasteiger charge is 2.14. The SMILES string of the molecule is O=S(=O)(Cc1ccc(F)cc1)NCc1nnc(-c2cccnc2)o1. The van der Waals surface area contributed by atoms with Gasteiger partial charge in [0.2, 0.25) is 21.8 Å². The summed E-state index contributed by atoms with van der Waals surface area (Å²) in [5, 5.41) is 7.64. The van der Waals surface area contributed by atoms with E-state index in [9.17, 15) is 12.8 Å². The van der Waals surface area contributed by atoms with Crippen molar-refractivity contribution in [3.05, 3.63) is 66.1 Å². The van der Waals surface area contributed by atoms with Gasteiger partial charge in [0.15, 0.2) is 0 Å². The maximum absolute atomic E-state index is 12.8. The summed E-state index contributed by atoms with van der Waals surface area (Å²) in [6.45, 7) is -0.128. The zero-order chi connectivity index (χ0) is 17.0. The van der Waals surface area contributed by atoms with Crippen molar-refractivity contribution in [2.45, 2.75) is 12.3 Å². The van der Waals surface area contributed by atoms with Gasteiger partial charge in [0.05, 0.1) is 17.9 Å². The van der Waals surface area contributed by atoms with Gasteiger partial charge in [-0.1, -0.05) is 12.1 Å². The molecule has 2 aromatic heterocycles. The van der Waals surface area contributed by atoms with Crippen molar-refractivity contribution in [1.82, 2.24) is 19.9 Å². The van der Waals surface area contributed by atoms with E-state index in [0.29, 0.717) is 11.1 Å². The molecule has 124 valence electrons. The first-order valence-corrected chi connectivity index (χ1v) is 8.62. The Kier molecular flexibility index (Phi) is 4.63. The molecule has 0 saturated carbocycles. The van der Waals surface area contributed by atoms with Crippen molar-refractivity contribution in [3.8, 4) is 11.5 Å². The minimum Gasteiger partial charge on any atom is -0.419 e. The van der Waals surface area contributed by atoms with Gasteiger partial charge < -0.3 is 4.42 Å². The van der Waals surface area contributed by atoms with Gasteiger partial charge in [0.25, 0.3) is 0 Å². The number of halogens is 1. The molecule has 3 rings (SSSR count). The smallest absolute Gasteiger partial charge is 0.249 e. The zero-order valence-corrected chi connectivity index (χ0v) is 13.2. The lowest BCUT2D eigenvalue weighted by molar-refractivity contribution is 0.494. The maximum Gasteiger partial charge on any atom is 0.249 e. The first-order chi connectivity index (χ1) is 11.5. The van der Waals surface area contributed by atoms with Crippen LogP contribution < -0.4 is 4.72 Å². The van der Waals surface area contributed by atoms with E-state index in [1.807, 2.05) is 0 Å². The van der Waals surface area contributed by atoms with Crippen LogP contribution in [0, 0.1) is 5.82 Å². The average Bonchev–Trinajstić information content (AvgIpc) is 3.05. The average molecular weight is 348 g/mol. The van der Waals surface area contributed by atoms with Crippen LogP contribution in [0.2, 0.25) is 0 Å². The molecule has 0 saturated heterocycles. The van der Waals surface area contributed by atoms with E-state index in [1.54, 1.807) is 24.5 Å². The Morgan fingerprint density at radius 2 is 1.92 bits per heavy atom. The quantitative estimate of drug-likeness (QED) is 0.730. The Morgan fingerprint density at radius 3 is 2.62 bits per heavy atom. The van der Waals surface area contributed by atoms with Crippen molar-refractivity contribution in [1.29, 1.82) is 0 Å². The third kappa shape index (κ3) is 4.21. The molecular weight excluding hydrogens is 335 g/mol. The van der Waals surface area contributed by atoms with Crippen molar-refractivity contribution in [2.24, 2.45) is 0 Å². The number of hydrogen-bond acceptors (Lipinski definition) is 6. The van der Waals surface area contributed by atoms with E-state index in [4.69, 9.17) is 4.42 Å². The Morgan fingerprint density at radius 1 is 1.12 bits per heavy atom. The second-order valence-corrected chi connectivity index (χ2v) is 6.76. The van der Waals surface area contributed by atoms with E-state index >= 15 is 0 Å². The summed E-state index contributed by atoms with van der Waals surface area (Å²) in [4.78, 5) is 3.94. The largest absolute Gasteiger partial charge is 0.419 e. The molecule has 0 aliphatic heterocycles. The molecule has 1 N–H and O–H groups in total. The summed E-state index contributed by atoms with van der Waals surface area (Å²) in [6, 6.07) is 8.74. The fraction of sp³-hybridized carbons (Fsp3) is 0.133. The number of benzene rings is 1. The number of sulfonamides is 1. The molecule has 0 unspecified atom stereocenters. The summed E-state index contributed by atoms with van der Waals surface area (Å²) in [5.41, 5.74) is 1.12. The van der Waals surface area contributed by atoms with Crippen LogP contribution in [0.4, 0.5) is 4.39 Å². The molecule has 24 heavy (non-hydrogen) atoms. The minimum atomic E-state index is -3.61. The van der Waals surface area contributed by atoms with E-state index in [2.05, 4.69) is 19.9 Å². The first kappa shape index (κ1) is 16.2. The van der Waals surface area contributed by atoms with Crippen molar-refractivity contribution >= 4 is 10.0 Å². The Labute approximate surface area is 137 Å². The summed E-state index contributed by atoms with van der Waals surface area (Å²) in [7, 11) is -3.61. The van der Waals surface area contributed by atoms with Crippen LogP contribution in [0.3, 0.4) is 0 Å². The van der Waals surface area contributed by atoms with Crippen molar-refractivity contribution < 1.29 is 17.2 Å². The lowest BCUT2D eigenvalue weighted by Crippen LogP contribution is -2.24. The van der Waals surface area contributed by atoms with Crippen LogP contribution in [0.15, 0.2) is 53.2 Å². The molecule has 0 radical (unpaired) electrons. The standard InChI is InChI=1S/C15H13FN4O3S/c16-13-5-3-11(4-6-13)10-24(21,22)18-9-14-19-20-15(23-14)12-2-1-7-17-8-12/h1-8,18H,9-10H2. The molecule has 0 fully saturated rings. The molecule has 3 aromatic rings. The molecule has 7 nitrogen and oxygen atoms in total. The van der Waals surface area contributed by atoms with Crippen LogP contribution in [-0.4, -0.2) is 23.6 Å². The molecule has 0 spiro atoms. The second kappa shape index (κ2) is 6.85. The van der Waals surface area contributed by atoms with E-state index in [0.717, 1.165) is 0 Å². The third-order valence-electron chi connectivity index (χ3n) is 3.09. The predicted molar refractivity (Wildman–Crippen MR) is 83.4 cm³/mol. The van der Waals surface area contributed by atoms with Gasteiger partial charge in [-0.25, -0.2) is 17.5 Å². The minimum absolute atomic E-state index is 0.128. The van der Waals surface area contributed by atoms with Gasteiger partial charge in [0.1, 0.15) is 5.82 Å². The van der Waals surface area contributed by atoms with Gasteiger partial charge in [-0.3, -0.25) is 4.98 Å². The van der Waals surface area contributed by atoms with E-state index < -0.39 is 15.8 Å². The van der Waals surface area contributed by atoms with Crippen molar-refractivity contribution in [2.75, 3.05) is 0 Å². The second-order valence-electron chi connectivity index (χ2n) is 4.95. The van der Waals surface area contributed by atoms with Crippen LogP contribution in [-0.2, 0) is 22.3 Å². The van der Waals surface area contributed by atoms with Crippen LogP contribution >= 0.6 is 0 Å². The fourth-order valence-corrected chi connectivity index (χ4v) is 3.03. The van der Waals surface area contributed by atoms with Gasteiger partial charge in [-0.15, -0.1) is 10.2 Å². The van der Waals surface area contributed by atoms with Gasteiger partial charge >= 0.3 is 0 Å². The Balaban J connectivity index is 1.63. The summed E-state index contributed by atoms with van der Waals surface area (Å²) < 4.78 is 44.7. The number of rotatable bonds is 6. The molecule has 0 atom stereocenters. The molecule has 0 bridgehead atoms. The van der Waals surface area contributed by atoms with Gasteiger partial charge in [-0.05, 0) is 29.8 Å². The Bertz CT molecular complexity index is 911. The molecule has 2 heterocycles. The van der Waals surface area contributed by atoms with Crippen LogP contribution in [0.5, 0.6) is 0 Å².